The van der Waals surface area contributed by atoms with Gasteiger partial charge in [-0.15, -0.1) is 0 Å². The quantitative estimate of drug-likeness (QED) is 0.215. The van der Waals surface area contributed by atoms with Crippen LogP contribution in [0.25, 0.3) is 78.3 Å². The number of nitrogens with zero attached hydrogens (tertiary/aromatic N) is 7. The van der Waals surface area contributed by atoms with Crippen LogP contribution in [0.3, 0.4) is 0 Å². The van der Waals surface area contributed by atoms with Gasteiger partial charge in [-0.05, 0) is 30.3 Å². The van der Waals surface area contributed by atoms with Gasteiger partial charge in [0.2, 0.25) is 5.95 Å². The normalized spacial score (nSPS) is 11.6. The van der Waals surface area contributed by atoms with E-state index in [-0.39, 0.29) is 0 Å². The molecule has 0 spiro atoms. The van der Waals surface area contributed by atoms with Gasteiger partial charge in [0.1, 0.15) is 11.0 Å². The van der Waals surface area contributed by atoms with E-state index in [1.54, 1.807) is 0 Å². The highest BCUT2D eigenvalue weighted by Crippen LogP contribution is 2.40. The Kier molecular flexibility index (Phi) is 5.36. The van der Waals surface area contributed by atoms with Gasteiger partial charge < -0.3 is 4.57 Å². The second-order valence-corrected chi connectivity index (χ2v) is 10.6. The Morgan fingerprint density at radius 2 is 1.07 bits per heavy atom. The molecule has 0 radical (unpaired) electrons. The Hall–Kier alpha value is -6.21. The standard InChI is InChI=1S/C37H23N7/c1-4-13-24(14-5-1)35-40-36(25-15-6-2-7-16-25)42-37(41-35)44-29-21-12-22-38-32(29)33-34(44)31-27-19-10-11-20-28(27)43(30(31)23-39-33)26-17-8-3-9-18-26/h1-23H. The molecule has 0 atom stereocenters. The Balaban J connectivity index is 1.46. The van der Waals surface area contributed by atoms with Crippen LogP contribution in [0.1, 0.15) is 0 Å². The molecule has 4 aromatic carbocycles. The van der Waals surface area contributed by atoms with E-state index >= 15 is 0 Å². The average Bonchev–Trinajstić information content (AvgIpc) is 3.62. The minimum absolute atomic E-state index is 0.511. The van der Waals surface area contributed by atoms with Gasteiger partial charge in [0.05, 0.1) is 28.3 Å². The van der Waals surface area contributed by atoms with Crippen LogP contribution in [0.2, 0.25) is 0 Å². The summed E-state index contributed by atoms with van der Waals surface area (Å²) in [6.45, 7) is 0. The van der Waals surface area contributed by atoms with Gasteiger partial charge in [0.25, 0.3) is 0 Å². The van der Waals surface area contributed by atoms with Gasteiger partial charge in [-0.25, -0.2) is 4.98 Å². The highest BCUT2D eigenvalue weighted by atomic mass is 15.2. The third-order valence-electron chi connectivity index (χ3n) is 8.07. The van der Waals surface area contributed by atoms with Gasteiger partial charge in [0, 0.05) is 33.8 Å². The number of aromatic nitrogens is 7. The summed E-state index contributed by atoms with van der Waals surface area (Å²) in [5.74, 6) is 1.71. The maximum atomic E-state index is 5.10. The molecule has 9 rings (SSSR count). The van der Waals surface area contributed by atoms with Gasteiger partial charge in [0.15, 0.2) is 11.6 Å². The Labute approximate surface area is 251 Å². The summed E-state index contributed by atoms with van der Waals surface area (Å²) in [7, 11) is 0. The second kappa shape index (κ2) is 9.68. The third kappa shape index (κ3) is 3.66. The highest BCUT2D eigenvalue weighted by Gasteiger charge is 2.24. The van der Waals surface area contributed by atoms with Crippen LogP contribution < -0.4 is 0 Å². The van der Waals surface area contributed by atoms with Gasteiger partial charge in [-0.1, -0.05) is 97.1 Å². The minimum atomic E-state index is 0.511. The molecule has 0 amide bonds. The van der Waals surface area contributed by atoms with Crippen molar-refractivity contribution in [2.75, 3.05) is 0 Å². The van der Waals surface area contributed by atoms with E-state index in [9.17, 15) is 0 Å². The van der Waals surface area contributed by atoms with Crippen LogP contribution in [0.15, 0.2) is 140 Å². The monoisotopic (exact) mass is 565 g/mol. The molecule has 5 aromatic heterocycles. The number of hydrogen-bond donors (Lipinski definition) is 0. The molecule has 0 aliphatic heterocycles. The van der Waals surface area contributed by atoms with Crippen molar-refractivity contribution in [1.29, 1.82) is 0 Å². The zero-order valence-electron chi connectivity index (χ0n) is 23.4. The minimum Gasteiger partial charge on any atom is -0.308 e. The molecule has 5 heterocycles. The summed E-state index contributed by atoms with van der Waals surface area (Å²) < 4.78 is 4.38. The lowest BCUT2D eigenvalue weighted by Gasteiger charge is -2.11. The van der Waals surface area contributed by atoms with E-state index < -0.39 is 0 Å². The van der Waals surface area contributed by atoms with E-state index in [4.69, 9.17) is 24.9 Å². The summed E-state index contributed by atoms with van der Waals surface area (Å²) in [5.41, 5.74) is 8.37. The molecule has 9 aromatic rings. The molecule has 44 heavy (non-hydrogen) atoms. The van der Waals surface area contributed by atoms with Crippen LogP contribution in [0, 0.1) is 0 Å². The fourth-order valence-electron chi connectivity index (χ4n) is 6.17. The summed E-state index contributed by atoms with van der Waals surface area (Å²) in [6.07, 6.45) is 3.77. The van der Waals surface area contributed by atoms with Crippen molar-refractivity contribution in [3.63, 3.8) is 0 Å². The first kappa shape index (κ1) is 24.4. The fraction of sp³-hybridized carbons (Fsp3) is 0. The summed E-state index contributed by atoms with van der Waals surface area (Å²) in [6, 6.07) is 42.9. The van der Waals surface area contributed by atoms with Crippen LogP contribution >= 0.6 is 0 Å². The smallest absolute Gasteiger partial charge is 0.238 e. The van der Waals surface area contributed by atoms with E-state index in [2.05, 4.69) is 63.7 Å². The molecule has 0 saturated carbocycles. The van der Waals surface area contributed by atoms with Crippen molar-refractivity contribution in [3.8, 4) is 34.4 Å². The Morgan fingerprint density at radius 3 is 1.77 bits per heavy atom. The first-order valence-corrected chi connectivity index (χ1v) is 14.5. The zero-order chi connectivity index (χ0) is 29.0. The van der Waals surface area contributed by atoms with Crippen molar-refractivity contribution in [1.82, 2.24) is 34.1 Å². The lowest BCUT2D eigenvalue weighted by atomic mass is 10.1. The summed E-state index contributed by atoms with van der Waals surface area (Å²) in [5, 5.41) is 2.18. The topological polar surface area (TPSA) is 74.3 Å². The van der Waals surface area contributed by atoms with Crippen molar-refractivity contribution >= 4 is 43.9 Å². The molecular formula is C37H23N7. The largest absolute Gasteiger partial charge is 0.308 e. The Bertz CT molecular complexity index is 2420. The highest BCUT2D eigenvalue weighted by molar-refractivity contribution is 6.24. The van der Waals surface area contributed by atoms with Gasteiger partial charge in [-0.2, -0.15) is 9.97 Å². The van der Waals surface area contributed by atoms with Gasteiger partial charge >= 0.3 is 0 Å². The number of fused-ring (bicyclic) bond motifs is 7. The molecule has 0 unspecified atom stereocenters. The van der Waals surface area contributed by atoms with E-state index in [1.165, 1.54) is 0 Å². The first-order chi connectivity index (χ1) is 21.8. The van der Waals surface area contributed by atoms with Gasteiger partial charge in [-0.3, -0.25) is 14.5 Å². The molecule has 206 valence electrons. The molecule has 0 fully saturated rings. The number of para-hydroxylation sites is 2. The molecule has 0 saturated heterocycles. The van der Waals surface area contributed by atoms with Crippen LogP contribution in [0.4, 0.5) is 0 Å². The maximum absolute atomic E-state index is 5.10. The fourth-order valence-corrected chi connectivity index (χ4v) is 6.17. The Morgan fingerprint density at radius 1 is 0.455 bits per heavy atom. The summed E-state index contributed by atoms with van der Waals surface area (Å²) in [4.78, 5) is 25.0. The molecule has 0 aliphatic rings. The molecule has 7 heteroatoms. The number of hydrogen-bond acceptors (Lipinski definition) is 5. The molecular weight excluding hydrogens is 542 g/mol. The lowest BCUT2D eigenvalue weighted by Crippen LogP contribution is -2.06. The van der Waals surface area contributed by atoms with E-state index in [0.717, 1.165) is 60.7 Å². The number of pyridine rings is 2. The van der Waals surface area contributed by atoms with E-state index in [1.807, 2.05) is 85.2 Å². The SMILES string of the molecule is c1ccc(-c2nc(-c3ccccc3)nc(-n3c4cccnc4c4ncc5c(c6ccccc6n5-c5ccccc5)c43)n2)cc1. The summed E-state index contributed by atoms with van der Waals surface area (Å²) >= 11 is 0. The van der Waals surface area contributed by atoms with Crippen molar-refractivity contribution in [2.24, 2.45) is 0 Å². The lowest BCUT2D eigenvalue weighted by molar-refractivity contribution is 0.954. The molecule has 0 N–H and O–H groups in total. The zero-order valence-corrected chi connectivity index (χ0v) is 23.4. The number of benzene rings is 4. The predicted molar refractivity (Wildman–Crippen MR) is 175 cm³/mol. The van der Waals surface area contributed by atoms with Crippen molar-refractivity contribution < 1.29 is 0 Å². The maximum Gasteiger partial charge on any atom is 0.238 e. The number of rotatable bonds is 4. The second-order valence-electron chi connectivity index (χ2n) is 10.6. The van der Waals surface area contributed by atoms with Crippen LogP contribution in [0.5, 0.6) is 0 Å². The van der Waals surface area contributed by atoms with Crippen LogP contribution in [-0.2, 0) is 0 Å². The van der Waals surface area contributed by atoms with E-state index in [0.29, 0.717) is 17.6 Å². The molecule has 0 aliphatic carbocycles. The average molecular weight is 566 g/mol. The third-order valence-corrected chi connectivity index (χ3v) is 8.07. The van der Waals surface area contributed by atoms with Crippen molar-refractivity contribution in [3.05, 3.63) is 140 Å². The van der Waals surface area contributed by atoms with Crippen LogP contribution in [-0.4, -0.2) is 34.1 Å². The van der Waals surface area contributed by atoms with Crippen molar-refractivity contribution in [2.45, 2.75) is 0 Å². The first-order valence-electron chi connectivity index (χ1n) is 14.5. The molecule has 7 nitrogen and oxygen atoms in total. The predicted octanol–water partition coefficient (Wildman–Crippen LogP) is 8.19. The molecule has 0 bridgehead atoms.